The third-order valence-corrected chi connectivity index (χ3v) is 11.8. The SMILES string of the molecule is CC(C)(C)[Si](OC[C@H](COCc1ccccc1)OC1CCCCO1)(c1ccccc1)c1ccccc1. The van der Waals surface area contributed by atoms with Crippen molar-refractivity contribution in [3.63, 3.8) is 0 Å². The average Bonchev–Trinajstić information content (AvgIpc) is 2.90. The molecule has 1 aliphatic heterocycles. The molecule has 5 heteroatoms. The first-order valence-corrected chi connectivity index (χ1v) is 15.0. The van der Waals surface area contributed by atoms with E-state index in [1.165, 1.54) is 10.4 Å². The number of hydrogen-bond donors (Lipinski definition) is 0. The molecular weight excluding hydrogens is 464 g/mol. The van der Waals surface area contributed by atoms with E-state index in [4.69, 9.17) is 18.6 Å². The second-order valence-corrected chi connectivity index (χ2v) is 14.8. The van der Waals surface area contributed by atoms with Gasteiger partial charge in [-0.05, 0) is 40.2 Å². The highest BCUT2D eigenvalue weighted by Gasteiger charge is 2.50. The van der Waals surface area contributed by atoms with Crippen LogP contribution in [0.4, 0.5) is 0 Å². The normalized spacial score (nSPS) is 17.6. The summed E-state index contributed by atoms with van der Waals surface area (Å²) in [5.74, 6) is 0. The molecule has 0 radical (unpaired) electrons. The Balaban J connectivity index is 1.57. The van der Waals surface area contributed by atoms with E-state index in [9.17, 15) is 0 Å². The van der Waals surface area contributed by atoms with Crippen LogP contribution in [0.5, 0.6) is 0 Å². The number of rotatable bonds is 11. The molecule has 1 fully saturated rings. The lowest BCUT2D eigenvalue weighted by molar-refractivity contribution is -0.204. The fourth-order valence-electron chi connectivity index (χ4n) is 5.02. The standard InChI is InChI=1S/C31H40O4Si/c1-31(2,3)36(28-17-9-5-10-18-28,29-19-11-6-12-20-29)34-25-27(35-30-21-13-14-22-33-30)24-32-23-26-15-7-4-8-16-26/h4-12,15-20,27,30H,13-14,21-25H2,1-3H3/t27-,30?/m0/s1. The van der Waals surface area contributed by atoms with E-state index in [0.717, 1.165) is 31.4 Å². The smallest absolute Gasteiger partial charge is 0.261 e. The fraction of sp³-hybridized carbons (Fsp3) is 0.419. The van der Waals surface area contributed by atoms with Gasteiger partial charge in [-0.3, -0.25) is 0 Å². The van der Waals surface area contributed by atoms with Crippen molar-refractivity contribution in [3.8, 4) is 0 Å². The van der Waals surface area contributed by atoms with E-state index in [1.807, 2.05) is 18.2 Å². The van der Waals surface area contributed by atoms with Crippen molar-refractivity contribution in [3.05, 3.63) is 96.6 Å². The van der Waals surface area contributed by atoms with Crippen LogP contribution in [0.2, 0.25) is 5.04 Å². The largest absolute Gasteiger partial charge is 0.405 e. The summed E-state index contributed by atoms with van der Waals surface area (Å²) >= 11 is 0. The van der Waals surface area contributed by atoms with Crippen molar-refractivity contribution in [1.82, 2.24) is 0 Å². The van der Waals surface area contributed by atoms with Crippen LogP contribution < -0.4 is 10.4 Å². The monoisotopic (exact) mass is 504 g/mol. The number of hydrogen-bond acceptors (Lipinski definition) is 4. The Kier molecular flexibility index (Phi) is 9.51. The van der Waals surface area contributed by atoms with Crippen molar-refractivity contribution in [2.45, 2.75) is 64.1 Å². The minimum absolute atomic E-state index is 0.0908. The van der Waals surface area contributed by atoms with E-state index < -0.39 is 8.32 Å². The summed E-state index contributed by atoms with van der Waals surface area (Å²) in [6.45, 7) is 9.08. The highest BCUT2D eigenvalue weighted by atomic mass is 28.4. The van der Waals surface area contributed by atoms with Crippen LogP contribution in [-0.2, 0) is 25.2 Å². The molecule has 2 atom stereocenters. The zero-order chi connectivity index (χ0) is 25.3. The predicted molar refractivity (Wildman–Crippen MR) is 148 cm³/mol. The topological polar surface area (TPSA) is 36.9 Å². The van der Waals surface area contributed by atoms with Crippen molar-refractivity contribution in [2.24, 2.45) is 0 Å². The van der Waals surface area contributed by atoms with E-state index in [-0.39, 0.29) is 17.4 Å². The van der Waals surface area contributed by atoms with Gasteiger partial charge in [0, 0.05) is 6.61 Å². The van der Waals surface area contributed by atoms with E-state index in [0.29, 0.717) is 19.8 Å². The molecule has 0 spiro atoms. The molecule has 1 aliphatic rings. The van der Waals surface area contributed by atoms with Crippen LogP contribution in [0.15, 0.2) is 91.0 Å². The quantitative estimate of drug-likeness (QED) is 0.314. The van der Waals surface area contributed by atoms with Crippen LogP contribution in [0, 0.1) is 0 Å². The number of ether oxygens (including phenoxy) is 3. The molecule has 0 aromatic heterocycles. The maximum absolute atomic E-state index is 7.15. The summed E-state index contributed by atoms with van der Waals surface area (Å²) < 4.78 is 25.7. The predicted octanol–water partition coefficient (Wildman–Crippen LogP) is 5.69. The Morgan fingerprint density at radius 2 is 1.39 bits per heavy atom. The maximum atomic E-state index is 7.15. The first-order chi connectivity index (χ1) is 17.5. The first kappa shape index (κ1) is 26.8. The molecule has 0 N–H and O–H groups in total. The van der Waals surface area contributed by atoms with Gasteiger partial charge in [-0.1, -0.05) is 112 Å². The maximum Gasteiger partial charge on any atom is 0.261 e. The zero-order valence-corrected chi connectivity index (χ0v) is 22.9. The van der Waals surface area contributed by atoms with Crippen molar-refractivity contribution in [1.29, 1.82) is 0 Å². The van der Waals surface area contributed by atoms with Crippen molar-refractivity contribution >= 4 is 18.7 Å². The van der Waals surface area contributed by atoms with Crippen LogP contribution in [0.25, 0.3) is 0 Å². The van der Waals surface area contributed by atoms with Gasteiger partial charge in [-0.25, -0.2) is 0 Å². The molecular formula is C31H40O4Si. The van der Waals surface area contributed by atoms with E-state index >= 15 is 0 Å². The summed E-state index contributed by atoms with van der Waals surface area (Å²) in [5, 5.41) is 2.44. The molecule has 36 heavy (non-hydrogen) atoms. The van der Waals surface area contributed by atoms with Crippen molar-refractivity contribution in [2.75, 3.05) is 19.8 Å². The van der Waals surface area contributed by atoms with Crippen LogP contribution in [0.1, 0.15) is 45.6 Å². The minimum Gasteiger partial charge on any atom is -0.405 e. The van der Waals surface area contributed by atoms with Gasteiger partial charge in [-0.2, -0.15) is 0 Å². The van der Waals surface area contributed by atoms with Gasteiger partial charge in [0.2, 0.25) is 0 Å². The molecule has 192 valence electrons. The Bertz CT molecular complexity index is 975. The molecule has 0 saturated carbocycles. The van der Waals surface area contributed by atoms with Gasteiger partial charge >= 0.3 is 0 Å². The van der Waals surface area contributed by atoms with Crippen LogP contribution >= 0.6 is 0 Å². The summed E-state index contributed by atoms with van der Waals surface area (Å²) in [6.07, 6.45) is 2.70. The third kappa shape index (κ3) is 6.72. The second kappa shape index (κ2) is 12.8. The highest BCUT2D eigenvalue weighted by Crippen LogP contribution is 2.37. The Morgan fingerprint density at radius 3 is 1.92 bits per heavy atom. The summed E-state index contributed by atoms with van der Waals surface area (Å²) in [7, 11) is -2.66. The first-order valence-electron chi connectivity index (χ1n) is 13.1. The highest BCUT2D eigenvalue weighted by molar-refractivity contribution is 6.99. The molecule has 3 aromatic rings. The van der Waals surface area contributed by atoms with Gasteiger partial charge in [0.25, 0.3) is 8.32 Å². The fourth-order valence-corrected chi connectivity index (χ4v) is 9.61. The Labute approximate surface area is 217 Å². The molecule has 1 heterocycles. The van der Waals surface area contributed by atoms with Crippen LogP contribution in [0.3, 0.4) is 0 Å². The molecule has 0 bridgehead atoms. The summed E-state index contributed by atoms with van der Waals surface area (Å²) in [4.78, 5) is 0. The number of benzene rings is 3. The average molecular weight is 505 g/mol. The van der Waals surface area contributed by atoms with Gasteiger partial charge in [-0.15, -0.1) is 0 Å². The minimum atomic E-state index is -2.66. The molecule has 0 amide bonds. The van der Waals surface area contributed by atoms with Gasteiger partial charge in [0.15, 0.2) is 6.29 Å². The lowest BCUT2D eigenvalue weighted by atomic mass is 10.2. The van der Waals surface area contributed by atoms with Crippen molar-refractivity contribution < 1.29 is 18.6 Å². The van der Waals surface area contributed by atoms with E-state index in [2.05, 4.69) is 93.6 Å². The summed E-state index contributed by atoms with van der Waals surface area (Å²) in [5.41, 5.74) is 1.15. The molecule has 0 aliphatic carbocycles. The third-order valence-electron chi connectivity index (χ3n) is 6.80. The van der Waals surface area contributed by atoms with Gasteiger partial charge < -0.3 is 18.6 Å². The van der Waals surface area contributed by atoms with Gasteiger partial charge in [0.1, 0.15) is 6.10 Å². The Morgan fingerprint density at radius 1 is 0.806 bits per heavy atom. The Hall–Kier alpha value is -2.28. The lowest BCUT2D eigenvalue weighted by Crippen LogP contribution is -2.67. The lowest BCUT2D eigenvalue weighted by Gasteiger charge is -2.43. The van der Waals surface area contributed by atoms with E-state index in [1.54, 1.807) is 0 Å². The molecule has 3 aromatic carbocycles. The molecule has 4 nitrogen and oxygen atoms in total. The summed E-state index contributed by atoms with van der Waals surface area (Å²) in [6, 6.07) is 31.7. The zero-order valence-electron chi connectivity index (χ0n) is 21.9. The van der Waals surface area contributed by atoms with Crippen LogP contribution in [-0.4, -0.2) is 40.5 Å². The molecule has 4 rings (SSSR count). The van der Waals surface area contributed by atoms with Gasteiger partial charge in [0.05, 0.1) is 19.8 Å². The second-order valence-electron chi connectivity index (χ2n) is 10.5. The molecule has 1 saturated heterocycles. The molecule has 1 unspecified atom stereocenters.